The molecule has 1 aliphatic rings. The third-order valence-electron chi connectivity index (χ3n) is 5.06. The van der Waals surface area contributed by atoms with Gasteiger partial charge in [0.2, 0.25) is 0 Å². The van der Waals surface area contributed by atoms with Gasteiger partial charge in [-0.25, -0.2) is 9.59 Å². The summed E-state index contributed by atoms with van der Waals surface area (Å²) in [5, 5.41) is 20.4. The molecule has 3 rings (SSSR count). The Hall–Kier alpha value is -3.47. The van der Waals surface area contributed by atoms with E-state index in [4.69, 9.17) is 37.4 Å². The van der Waals surface area contributed by atoms with Crippen molar-refractivity contribution in [2.75, 3.05) is 20.3 Å². The number of nitrogens with zero attached hydrogens (tertiary/aromatic N) is 1. The van der Waals surface area contributed by atoms with E-state index in [1.807, 2.05) is 0 Å². The standard InChI is InChI=1S/C24H26Cl2N4O6/c1-4-35-19-9-14(22-21(23(32)34-3)13(2)28-24(33)29-22)6-8-18(19)36-12-20(31)30-27-11-15-5-7-16(25)10-17(15)26/h5-11,20,22,30-31H,4,12H2,1-3H3,(H2,28,29,33)/b27-11-/t20-,22-/m1/s1. The average Bonchev–Trinajstić information content (AvgIpc) is 2.84. The maximum absolute atomic E-state index is 12.3. The van der Waals surface area contributed by atoms with Crippen molar-refractivity contribution in [2.24, 2.45) is 5.10 Å². The Kier molecular flexibility index (Phi) is 9.40. The highest BCUT2D eigenvalue weighted by Gasteiger charge is 2.32. The van der Waals surface area contributed by atoms with Crippen molar-refractivity contribution < 1.29 is 28.9 Å². The predicted octanol–water partition coefficient (Wildman–Crippen LogP) is 3.51. The molecular formula is C24H26Cl2N4O6. The van der Waals surface area contributed by atoms with E-state index in [0.29, 0.717) is 45.0 Å². The number of rotatable bonds is 10. The minimum Gasteiger partial charge on any atom is -0.490 e. The normalized spacial score (nSPS) is 16.3. The topological polar surface area (TPSA) is 131 Å². The van der Waals surface area contributed by atoms with Crippen molar-refractivity contribution >= 4 is 41.4 Å². The summed E-state index contributed by atoms with van der Waals surface area (Å²) in [6.07, 6.45) is 0.311. The van der Waals surface area contributed by atoms with Gasteiger partial charge in [-0.3, -0.25) is 5.43 Å². The number of aliphatic hydroxyl groups is 1. The molecule has 0 bridgehead atoms. The van der Waals surface area contributed by atoms with Gasteiger partial charge >= 0.3 is 12.0 Å². The van der Waals surface area contributed by atoms with Crippen LogP contribution in [0.3, 0.4) is 0 Å². The van der Waals surface area contributed by atoms with Crippen LogP contribution in [0.5, 0.6) is 11.5 Å². The lowest BCUT2D eigenvalue weighted by atomic mass is 9.95. The number of methoxy groups -OCH3 is 1. The van der Waals surface area contributed by atoms with Crippen molar-refractivity contribution in [3.63, 3.8) is 0 Å². The van der Waals surface area contributed by atoms with E-state index in [2.05, 4.69) is 21.2 Å². The number of amides is 2. The number of allylic oxidation sites excluding steroid dienone is 1. The molecule has 1 aliphatic heterocycles. The van der Waals surface area contributed by atoms with Gasteiger partial charge in [0.1, 0.15) is 6.61 Å². The van der Waals surface area contributed by atoms with E-state index < -0.39 is 24.3 Å². The first-order valence-electron chi connectivity index (χ1n) is 10.9. The van der Waals surface area contributed by atoms with Crippen molar-refractivity contribution in [1.82, 2.24) is 16.1 Å². The molecule has 0 aromatic heterocycles. The van der Waals surface area contributed by atoms with Crippen molar-refractivity contribution in [3.05, 3.63) is 68.8 Å². The summed E-state index contributed by atoms with van der Waals surface area (Å²) < 4.78 is 16.3. The zero-order chi connectivity index (χ0) is 26.2. The number of urea groups is 1. The fraction of sp³-hybridized carbons (Fsp3) is 0.292. The Bertz CT molecular complexity index is 1190. The Morgan fingerprint density at radius 1 is 1.22 bits per heavy atom. The molecule has 0 radical (unpaired) electrons. The second kappa shape index (κ2) is 12.5. The Morgan fingerprint density at radius 3 is 2.69 bits per heavy atom. The third kappa shape index (κ3) is 6.81. The van der Waals surface area contributed by atoms with Crippen LogP contribution in [0.1, 0.15) is 31.0 Å². The van der Waals surface area contributed by atoms with E-state index in [1.54, 1.807) is 50.2 Å². The highest BCUT2D eigenvalue weighted by atomic mass is 35.5. The van der Waals surface area contributed by atoms with Crippen LogP contribution in [0.15, 0.2) is 52.8 Å². The third-order valence-corrected chi connectivity index (χ3v) is 5.62. The summed E-state index contributed by atoms with van der Waals surface area (Å²) in [4.78, 5) is 24.4. The molecular weight excluding hydrogens is 511 g/mol. The number of carbonyl (C=O) groups excluding carboxylic acids is 2. The van der Waals surface area contributed by atoms with Crippen molar-refractivity contribution in [2.45, 2.75) is 26.1 Å². The predicted molar refractivity (Wildman–Crippen MR) is 135 cm³/mol. The quantitative estimate of drug-likeness (QED) is 0.158. The second-order valence-electron chi connectivity index (χ2n) is 7.58. The molecule has 36 heavy (non-hydrogen) atoms. The number of benzene rings is 2. The molecule has 0 spiro atoms. The second-order valence-corrected chi connectivity index (χ2v) is 8.42. The van der Waals surface area contributed by atoms with Gasteiger partial charge in [0.25, 0.3) is 0 Å². The number of hydrogen-bond acceptors (Lipinski definition) is 8. The average molecular weight is 537 g/mol. The number of aliphatic hydroxyl groups excluding tert-OH is 1. The molecule has 192 valence electrons. The fourth-order valence-electron chi connectivity index (χ4n) is 3.42. The molecule has 2 aromatic rings. The molecule has 2 aromatic carbocycles. The summed E-state index contributed by atoms with van der Waals surface area (Å²) in [5.41, 5.74) is 4.42. The van der Waals surface area contributed by atoms with Gasteiger partial charge in [0.05, 0.1) is 36.6 Å². The van der Waals surface area contributed by atoms with E-state index in [0.717, 1.165) is 0 Å². The Balaban J connectivity index is 1.71. The van der Waals surface area contributed by atoms with Crippen LogP contribution >= 0.6 is 23.2 Å². The van der Waals surface area contributed by atoms with Crippen LogP contribution in [0, 0.1) is 0 Å². The van der Waals surface area contributed by atoms with Crippen molar-refractivity contribution in [3.8, 4) is 11.5 Å². The summed E-state index contributed by atoms with van der Waals surface area (Å²) >= 11 is 12.0. The summed E-state index contributed by atoms with van der Waals surface area (Å²) in [6, 6.07) is 8.73. The summed E-state index contributed by atoms with van der Waals surface area (Å²) in [6.45, 7) is 3.61. The minimum atomic E-state index is -1.14. The molecule has 4 N–H and O–H groups in total. The first kappa shape index (κ1) is 27.1. The molecule has 0 aliphatic carbocycles. The molecule has 2 amide bonds. The lowest BCUT2D eigenvalue weighted by Crippen LogP contribution is -2.45. The van der Waals surface area contributed by atoms with Gasteiger partial charge in [0.15, 0.2) is 17.7 Å². The van der Waals surface area contributed by atoms with Crippen LogP contribution in [-0.2, 0) is 9.53 Å². The Labute approximate surface area is 218 Å². The van der Waals surface area contributed by atoms with Gasteiger partial charge in [0, 0.05) is 16.3 Å². The molecule has 2 atom stereocenters. The lowest BCUT2D eigenvalue weighted by Gasteiger charge is -2.28. The van der Waals surface area contributed by atoms with Gasteiger partial charge < -0.3 is 30.0 Å². The largest absolute Gasteiger partial charge is 0.490 e. The zero-order valence-corrected chi connectivity index (χ0v) is 21.3. The van der Waals surface area contributed by atoms with Gasteiger partial charge in [-0.15, -0.1) is 0 Å². The molecule has 0 saturated heterocycles. The van der Waals surface area contributed by atoms with E-state index in [-0.39, 0.29) is 12.2 Å². The molecule has 0 unspecified atom stereocenters. The maximum Gasteiger partial charge on any atom is 0.337 e. The molecule has 1 heterocycles. The molecule has 0 saturated carbocycles. The first-order chi connectivity index (χ1) is 17.2. The highest BCUT2D eigenvalue weighted by Crippen LogP contribution is 2.34. The molecule has 10 nitrogen and oxygen atoms in total. The van der Waals surface area contributed by atoms with Gasteiger partial charge in [-0.2, -0.15) is 5.10 Å². The number of hydrogen-bond donors (Lipinski definition) is 4. The minimum absolute atomic E-state index is 0.151. The zero-order valence-electron chi connectivity index (χ0n) is 19.8. The fourth-order valence-corrected chi connectivity index (χ4v) is 3.88. The van der Waals surface area contributed by atoms with Crippen LogP contribution in [-0.4, -0.2) is 49.9 Å². The number of ether oxygens (including phenoxy) is 3. The Morgan fingerprint density at radius 2 is 2.00 bits per heavy atom. The van der Waals surface area contributed by atoms with Crippen LogP contribution in [0.25, 0.3) is 0 Å². The maximum atomic E-state index is 12.3. The van der Waals surface area contributed by atoms with E-state index in [1.165, 1.54) is 13.3 Å². The highest BCUT2D eigenvalue weighted by molar-refractivity contribution is 6.36. The van der Waals surface area contributed by atoms with Crippen molar-refractivity contribution in [1.29, 1.82) is 0 Å². The summed E-state index contributed by atoms with van der Waals surface area (Å²) in [7, 11) is 1.27. The monoisotopic (exact) mass is 536 g/mol. The summed E-state index contributed by atoms with van der Waals surface area (Å²) in [5.74, 6) is 0.151. The number of carbonyl (C=O) groups is 2. The van der Waals surface area contributed by atoms with Crippen LogP contribution < -0.4 is 25.5 Å². The smallest absolute Gasteiger partial charge is 0.337 e. The van der Waals surface area contributed by atoms with Gasteiger partial charge in [-0.1, -0.05) is 35.3 Å². The number of hydrazone groups is 1. The van der Waals surface area contributed by atoms with Crippen LogP contribution in [0.2, 0.25) is 10.0 Å². The van der Waals surface area contributed by atoms with Gasteiger partial charge in [-0.05, 0) is 43.7 Å². The first-order valence-corrected chi connectivity index (χ1v) is 11.7. The number of halogens is 2. The molecule has 0 fully saturated rings. The van der Waals surface area contributed by atoms with Crippen LogP contribution in [0.4, 0.5) is 4.79 Å². The lowest BCUT2D eigenvalue weighted by molar-refractivity contribution is -0.136. The molecule has 12 heteroatoms. The van der Waals surface area contributed by atoms with E-state index >= 15 is 0 Å². The SMILES string of the molecule is CCOc1cc([C@H]2NC(=O)NC(C)=C2C(=O)OC)ccc1OC[C@@H](O)N/N=C\c1ccc(Cl)cc1Cl. The number of nitrogens with one attached hydrogen (secondary N) is 3. The van der Waals surface area contributed by atoms with E-state index in [9.17, 15) is 14.7 Å². The number of esters is 1.